The maximum absolute atomic E-state index is 13.3. The van der Waals surface area contributed by atoms with E-state index in [1.165, 1.54) is 32.1 Å². The van der Waals surface area contributed by atoms with Crippen molar-refractivity contribution < 1.29 is 4.79 Å². The molecule has 6 rings (SSSR count). The number of aromatic nitrogens is 2. The molecule has 4 bridgehead atoms. The second kappa shape index (κ2) is 5.70. The van der Waals surface area contributed by atoms with Gasteiger partial charge in [-0.2, -0.15) is 0 Å². The van der Waals surface area contributed by atoms with Crippen molar-refractivity contribution in [2.75, 3.05) is 5.32 Å². The molecule has 0 unspecified atom stereocenters. The summed E-state index contributed by atoms with van der Waals surface area (Å²) in [6, 6.07) is 0.599. The normalized spacial score (nSPS) is 38.3. The van der Waals surface area contributed by atoms with E-state index in [4.69, 9.17) is 0 Å². The summed E-state index contributed by atoms with van der Waals surface area (Å²) >= 11 is 3.23. The van der Waals surface area contributed by atoms with Gasteiger partial charge in [0.05, 0.1) is 5.25 Å². The van der Waals surface area contributed by atoms with Gasteiger partial charge in [0.25, 0.3) is 0 Å². The molecule has 0 radical (unpaired) electrons. The Morgan fingerprint density at radius 2 is 1.79 bits per heavy atom. The summed E-state index contributed by atoms with van der Waals surface area (Å²) in [6.45, 7) is 2.08. The predicted octanol–water partition coefficient (Wildman–Crippen LogP) is 4.38. The number of Topliss-reactive ketones (excluding diaryl/α,β-unsaturated/α-hetero) is 1. The number of carbonyl (C=O) groups is 1. The number of anilines is 1. The van der Waals surface area contributed by atoms with Crippen molar-refractivity contribution in [1.29, 1.82) is 0 Å². The van der Waals surface area contributed by atoms with Gasteiger partial charge in [-0.3, -0.25) is 4.79 Å². The molecule has 130 valence electrons. The highest BCUT2D eigenvalue weighted by Crippen LogP contribution is 2.61. The van der Waals surface area contributed by atoms with Crippen molar-refractivity contribution in [2.24, 2.45) is 23.2 Å². The monoisotopic (exact) mass is 363 g/mol. The number of ketones is 1. The summed E-state index contributed by atoms with van der Waals surface area (Å²) in [5.74, 6) is 2.98. The van der Waals surface area contributed by atoms with Gasteiger partial charge in [-0.05, 0) is 76.0 Å². The molecular weight excluding hydrogens is 338 g/mol. The molecule has 0 aromatic carbocycles. The molecule has 4 nitrogen and oxygen atoms in total. The number of nitrogens with zero attached hydrogens (tertiary/aromatic N) is 2. The highest BCUT2D eigenvalue weighted by atomic mass is 32.2. The van der Waals surface area contributed by atoms with E-state index in [0.717, 1.165) is 46.5 Å². The minimum atomic E-state index is 0.000940. The van der Waals surface area contributed by atoms with Crippen LogP contribution in [0.3, 0.4) is 0 Å². The van der Waals surface area contributed by atoms with E-state index in [9.17, 15) is 4.79 Å². The third-order valence-electron chi connectivity index (χ3n) is 6.52. The van der Waals surface area contributed by atoms with Crippen LogP contribution in [0.2, 0.25) is 0 Å². The van der Waals surface area contributed by atoms with Crippen LogP contribution in [0.4, 0.5) is 5.13 Å². The lowest BCUT2D eigenvalue weighted by molar-refractivity contribution is -0.142. The molecule has 1 aromatic heterocycles. The molecule has 5 fully saturated rings. The third kappa shape index (κ3) is 2.79. The van der Waals surface area contributed by atoms with Gasteiger partial charge in [0.1, 0.15) is 0 Å². The SMILES string of the molecule is C[C@@H](Sc1nnc(NC2CC2)s1)C(=O)C12CC3CC(CC(C3)C1)C2. The molecule has 0 saturated heterocycles. The number of hydrogen-bond donors (Lipinski definition) is 1. The van der Waals surface area contributed by atoms with E-state index in [2.05, 4.69) is 22.4 Å². The molecule has 1 aromatic rings. The van der Waals surface area contributed by atoms with Crippen molar-refractivity contribution in [3.63, 3.8) is 0 Å². The van der Waals surface area contributed by atoms with E-state index in [0.29, 0.717) is 11.8 Å². The Labute approximate surface area is 151 Å². The van der Waals surface area contributed by atoms with Crippen LogP contribution in [0.15, 0.2) is 4.34 Å². The Balaban J connectivity index is 1.27. The lowest BCUT2D eigenvalue weighted by atomic mass is 9.48. The Hall–Kier alpha value is -0.620. The standard InChI is InChI=1S/C18H25N3OS2/c1-10(23-17-21-20-16(24-17)19-14-2-3-14)15(22)18-7-11-4-12(8-18)6-13(5-11)9-18/h10-14H,2-9H2,1H3,(H,19,20)/t10-,11?,12?,13?,18?/m1/s1. The summed E-state index contributed by atoms with van der Waals surface area (Å²) < 4.78 is 0.934. The van der Waals surface area contributed by atoms with Gasteiger partial charge in [-0.15, -0.1) is 10.2 Å². The van der Waals surface area contributed by atoms with E-state index in [1.54, 1.807) is 23.1 Å². The Morgan fingerprint density at radius 1 is 1.17 bits per heavy atom. The van der Waals surface area contributed by atoms with Crippen LogP contribution >= 0.6 is 23.1 Å². The zero-order chi connectivity index (χ0) is 16.3. The minimum absolute atomic E-state index is 0.000940. The molecule has 24 heavy (non-hydrogen) atoms. The number of thioether (sulfide) groups is 1. The highest BCUT2D eigenvalue weighted by molar-refractivity contribution is 8.02. The topological polar surface area (TPSA) is 54.9 Å². The van der Waals surface area contributed by atoms with Crippen LogP contribution in [-0.2, 0) is 4.79 Å². The molecule has 0 aliphatic heterocycles. The first-order valence-electron chi connectivity index (χ1n) is 9.41. The molecule has 5 aliphatic carbocycles. The van der Waals surface area contributed by atoms with Crippen LogP contribution < -0.4 is 5.32 Å². The van der Waals surface area contributed by atoms with E-state index >= 15 is 0 Å². The Bertz CT molecular complexity index is 619. The largest absolute Gasteiger partial charge is 0.357 e. The number of hydrogen-bond acceptors (Lipinski definition) is 6. The maximum Gasteiger partial charge on any atom is 0.206 e. The fourth-order valence-electron chi connectivity index (χ4n) is 5.77. The summed E-state index contributed by atoms with van der Waals surface area (Å²) in [5, 5.41) is 12.8. The fraction of sp³-hybridized carbons (Fsp3) is 0.833. The minimum Gasteiger partial charge on any atom is -0.357 e. The van der Waals surface area contributed by atoms with Crippen molar-refractivity contribution in [3.8, 4) is 0 Å². The molecule has 5 saturated carbocycles. The average Bonchev–Trinajstić information content (AvgIpc) is 3.23. The molecule has 1 N–H and O–H groups in total. The molecular formula is C18H25N3OS2. The first kappa shape index (κ1) is 15.6. The van der Waals surface area contributed by atoms with Gasteiger partial charge in [0.15, 0.2) is 10.1 Å². The number of rotatable bonds is 6. The Morgan fingerprint density at radius 3 is 2.38 bits per heavy atom. The smallest absolute Gasteiger partial charge is 0.206 e. The van der Waals surface area contributed by atoms with Crippen molar-refractivity contribution in [1.82, 2.24) is 10.2 Å². The van der Waals surface area contributed by atoms with Gasteiger partial charge in [0.2, 0.25) is 5.13 Å². The second-order valence-corrected chi connectivity index (χ2v) is 11.2. The maximum atomic E-state index is 13.3. The van der Waals surface area contributed by atoms with Crippen molar-refractivity contribution in [3.05, 3.63) is 0 Å². The lowest BCUT2D eigenvalue weighted by Gasteiger charge is -2.56. The van der Waals surface area contributed by atoms with Gasteiger partial charge in [-0.25, -0.2) is 0 Å². The lowest BCUT2D eigenvalue weighted by Crippen LogP contribution is -2.51. The van der Waals surface area contributed by atoms with Crippen LogP contribution in [-0.4, -0.2) is 27.3 Å². The van der Waals surface area contributed by atoms with Gasteiger partial charge < -0.3 is 5.32 Å². The zero-order valence-electron chi connectivity index (χ0n) is 14.2. The van der Waals surface area contributed by atoms with Crippen molar-refractivity contribution >= 4 is 34.0 Å². The van der Waals surface area contributed by atoms with Crippen LogP contribution in [0, 0.1) is 23.2 Å². The van der Waals surface area contributed by atoms with Crippen LogP contribution in [0.1, 0.15) is 58.3 Å². The van der Waals surface area contributed by atoms with Crippen LogP contribution in [0.5, 0.6) is 0 Å². The van der Waals surface area contributed by atoms with Crippen molar-refractivity contribution in [2.45, 2.75) is 73.9 Å². The number of carbonyl (C=O) groups excluding carboxylic acids is 1. The molecule has 0 spiro atoms. The van der Waals surface area contributed by atoms with E-state index in [1.807, 2.05) is 0 Å². The van der Waals surface area contributed by atoms with Gasteiger partial charge >= 0.3 is 0 Å². The summed E-state index contributed by atoms with van der Waals surface area (Å²) in [7, 11) is 0. The summed E-state index contributed by atoms with van der Waals surface area (Å²) in [6.07, 6.45) is 10.1. The van der Waals surface area contributed by atoms with E-state index in [-0.39, 0.29) is 10.7 Å². The highest BCUT2D eigenvalue weighted by Gasteiger charge is 2.55. The number of nitrogens with one attached hydrogen (secondary N) is 1. The second-order valence-electron chi connectivity index (χ2n) is 8.61. The summed E-state index contributed by atoms with van der Waals surface area (Å²) in [4.78, 5) is 13.3. The molecule has 1 heterocycles. The molecule has 1 atom stereocenters. The Kier molecular flexibility index (Phi) is 3.71. The quantitative estimate of drug-likeness (QED) is 0.760. The molecule has 6 heteroatoms. The average molecular weight is 364 g/mol. The van der Waals surface area contributed by atoms with Gasteiger partial charge in [-0.1, -0.05) is 23.1 Å². The molecule has 5 aliphatic rings. The fourth-order valence-corrected chi connectivity index (χ4v) is 7.93. The van der Waals surface area contributed by atoms with Crippen LogP contribution in [0.25, 0.3) is 0 Å². The van der Waals surface area contributed by atoms with Gasteiger partial charge in [0, 0.05) is 11.5 Å². The van der Waals surface area contributed by atoms with E-state index < -0.39 is 0 Å². The first-order chi connectivity index (χ1) is 11.6. The third-order valence-corrected chi connectivity index (χ3v) is 8.56. The first-order valence-corrected chi connectivity index (χ1v) is 11.1. The predicted molar refractivity (Wildman–Crippen MR) is 97.5 cm³/mol. The zero-order valence-corrected chi connectivity index (χ0v) is 15.8. The molecule has 0 amide bonds. The summed E-state index contributed by atoms with van der Waals surface area (Å²) in [5.41, 5.74) is 0.000940.